The summed E-state index contributed by atoms with van der Waals surface area (Å²) in [6.07, 6.45) is 1.05. The Labute approximate surface area is 119 Å². The number of ether oxygens (including phenoxy) is 1. The van der Waals surface area contributed by atoms with Crippen LogP contribution in [0, 0.1) is 31.5 Å². The Morgan fingerprint density at radius 1 is 1.15 bits per heavy atom. The van der Waals surface area contributed by atoms with Crippen LogP contribution in [0.3, 0.4) is 0 Å². The van der Waals surface area contributed by atoms with Crippen LogP contribution in [0.1, 0.15) is 24.0 Å². The van der Waals surface area contributed by atoms with E-state index in [0.29, 0.717) is 23.1 Å². The van der Waals surface area contributed by atoms with Crippen molar-refractivity contribution in [2.45, 2.75) is 38.9 Å². The molecule has 3 nitrogen and oxygen atoms in total. The van der Waals surface area contributed by atoms with E-state index in [4.69, 9.17) is 4.74 Å². The van der Waals surface area contributed by atoms with Crippen LogP contribution >= 0.6 is 0 Å². The predicted molar refractivity (Wildman–Crippen MR) is 75.4 cm³/mol. The Hall–Kier alpha value is -1.13. The van der Waals surface area contributed by atoms with Crippen molar-refractivity contribution < 1.29 is 14.2 Å². The Kier molecular flexibility index (Phi) is 3.69. The molecule has 4 heteroatoms. The summed E-state index contributed by atoms with van der Waals surface area (Å²) in [5, 5.41) is 13.6. The van der Waals surface area contributed by atoms with Gasteiger partial charge in [-0.2, -0.15) is 0 Å². The first-order valence-corrected chi connectivity index (χ1v) is 7.37. The molecule has 3 rings (SSSR count). The smallest absolute Gasteiger partial charge is 0.126 e. The number of hydrogen-bond donors (Lipinski definition) is 2. The molecule has 20 heavy (non-hydrogen) atoms. The van der Waals surface area contributed by atoms with Gasteiger partial charge in [0.05, 0.1) is 6.10 Å². The van der Waals surface area contributed by atoms with Crippen molar-refractivity contribution in [3.05, 3.63) is 29.1 Å². The summed E-state index contributed by atoms with van der Waals surface area (Å²) in [6, 6.07) is 3.11. The Morgan fingerprint density at radius 3 is 2.60 bits per heavy atom. The van der Waals surface area contributed by atoms with Gasteiger partial charge in [0.2, 0.25) is 0 Å². The SMILES string of the molecule is Cc1c(F)ccc(O[C@@H]2C[C@@H]3CNC[C@@H]3C[C@H]2O)c1C. The van der Waals surface area contributed by atoms with Crippen LogP contribution in [0.5, 0.6) is 5.75 Å². The molecule has 0 amide bonds. The van der Waals surface area contributed by atoms with E-state index >= 15 is 0 Å². The largest absolute Gasteiger partial charge is 0.487 e. The molecule has 0 bridgehead atoms. The Morgan fingerprint density at radius 2 is 1.85 bits per heavy atom. The second-order valence-electron chi connectivity index (χ2n) is 6.17. The van der Waals surface area contributed by atoms with E-state index in [0.717, 1.165) is 31.5 Å². The van der Waals surface area contributed by atoms with Crippen molar-refractivity contribution in [2.24, 2.45) is 11.8 Å². The maximum absolute atomic E-state index is 13.5. The van der Waals surface area contributed by atoms with Crippen LogP contribution in [0.25, 0.3) is 0 Å². The van der Waals surface area contributed by atoms with Crippen molar-refractivity contribution in [2.75, 3.05) is 13.1 Å². The van der Waals surface area contributed by atoms with Gasteiger partial charge < -0.3 is 15.2 Å². The summed E-state index contributed by atoms with van der Waals surface area (Å²) in [7, 11) is 0. The molecule has 4 atom stereocenters. The molecular formula is C16H22FNO2. The first-order chi connectivity index (χ1) is 9.56. The van der Waals surface area contributed by atoms with Crippen molar-refractivity contribution in [3.63, 3.8) is 0 Å². The third-order valence-electron chi connectivity index (χ3n) is 4.94. The molecule has 1 aromatic rings. The van der Waals surface area contributed by atoms with Gasteiger partial charge in [0.1, 0.15) is 17.7 Å². The van der Waals surface area contributed by atoms with Crippen LogP contribution in [-0.2, 0) is 0 Å². The summed E-state index contributed by atoms with van der Waals surface area (Å²) < 4.78 is 19.5. The van der Waals surface area contributed by atoms with Gasteiger partial charge in [0, 0.05) is 0 Å². The molecule has 1 aliphatic carbocycles. The lowest BCUT2D eigenvalue weighted by molar-refractivity contribution is -0.0234. The first kappa shape index (κ1) is 13.8. The van der Waals surface area contributed by atoms with Crippen LogP contribution in [0.2, 0.25) is 0 Å². The third kappa shape index (κ3) is 2.42. The number of hydrogen-bond acceptors (Lipinski definition) is 3. The van der Waals surface area contributed by atoms with Gasteiger partial charge in [0.25, 0.3) is 0 Å². The summed E-state index contributed by atoms with van der Waals surface area (Å²) >= 11 is 0. The number of aliphatic hydroxyl groups excluding tert-OH is 1. The molecule has 110 valence electrons. The number of rotatable bonds is 2. The molecule has 2 aliphatic rings. The lowest BCUT2D eigenvalue weighted by Crippen LogP contribution is -2.42. The van der Waals surface area contributed by atoms with Crippen molar-refractivity contribution in [3.8, 4) is 5.75 Å². The van der Waals surface area contributed by atoms with E-state index < -0.39 is 6.10 Å². The molecule has 1 saturated heterocycles. The minimum atomic E-state index is -0.430. The van der Waals surface area contributed by atoms with Crippen molar-refractivity contribution in [1.29, 1.82) is 0 Å². The lowest BCUT2D eigenvalue weighted by atomic mass is 9.78. The second-order valence-corrected chi connectivity index (χ2v) is 6.17. The fourth-order valence-corrected chi connectivity index (χ4v) is 3.44. The highest BCUT2D eigenvalue weighted by molar-refractivity contribution is 5.39. The Balaban J connectivity index is 1.75. The van der Waals surface area contributed by atoms with Crippen molar-refractivity contribution >= 4 is 0 Å². The van der Waals surface area contributed by atoms with Crippen LogP contribution in [-0.4, -0.2) is 30.4 Å². The summed E-state index contributed by atoms with van der Waals surface area (Å²) in [5.74, 6) is 1.64. The van der Waals surface area contributed by atoms with Gasteiger partial charge >= 0.3 is 0 Å². The minimum Gasteiger partial charge on any atom is -0.487 e. The standard InChI is InChI=1S/C16H22FNO2/c1-9-10(2)15(4-3-13(9)17)20-16-6-12-8-18-7-11(12)5-14(16)19/h3-4,11-12,14,16,18-19H,5-8H2,1-2H3/t11-,12+,14+,16+/m0/s1. The van der Waals surface area contributed by atoms with Crippen LogP contribution in [0.4, 0.5) is 4.39 Å². The molecule has 0 spiro atoms. The number of benzene rings is 1. The monoisotopic (exact) mass is 279 g/mol. The summed E-state index contributed by atoms with van der Waals surface area (Å²) in [6.45, 7) is 5.64. The first-order valence-electron chi connectivity index (χ1n) is 7.37. The number of fused-ring (bicyclic) bond motifs is 1. The van der Waals surface area contributed by atoms with Gasteiger partial charge in [-0.1, -0.05) is 0 Å². The summed E-state index contributed by atoms with van der Waals surface area (Å²) in [5.41, 5.74) is 1.44. The number of halogens is 1. The fourth-order valence-electron chi connectivity index (χ4n) is 3.44. The summed E-state index contributed by atoms with van der Waals surface area (Å²) in [4.78, 5) is 0. The van der Waals surface area contributed by atoms with Crippen LogP contribution in [0.15, 0.2) is 12.1 Å². The zero-order valence-electron chi connectivity index (χ0n) is 12.0. The van der Waals surface area contributed by atoms with Crippen molar-refractivity contribution in [1.82, 2.24) is 5.32 Å². The molecule has 1 saturated carbocycles. The molecular weight excluding hydrogens is 257 g/mol. The van der Waals surface area contributed by atoms with Crippen LogP contribution < -0.4 is 10.1 Å². The molecule has 2 fully saturated rings. The van der Waals surface area contributed by atoms with Gasteiger partial charge in [-0.25, -0.2) is 4.39 Å². The number of nitrogens with one attached hydrogen (secondary N) is 1. The lowest BCUT2D eigenvalue weighted by Gasteiger charge is -2.35. The second kappa shape index (κ2) is 5.34. The van der Waals surface area contributed by atoms with E-state index in [-0.39, 0.29) is 11.9 Å². The third-order valence-corrected chi connectivity index (χ3v) is 4.94. The Bertz CT molecular complexity index is 505. The van der Waals surface area contributed by atoms with Gasteiger partial charge in [-0.05, 0) is 74.9 Å². The van der Waals surface area contributed by atoms with E-state index in [9.17, 15) is 9.50 Å². The fraction of sp³-hybridized carbons (Fsp3) is 0.625. The molecule has 1 aliphatic heterocycles. The quantitative estimate of drug-likeness (QED) is 0.872. The zero-order valence-corrected chi connectivity index (χ0v) is 12.0. The highest BCUT2D eigenvalue weighted by atomic mass is 19.1. The van der Waals surface area contributed by atoms with E-state index in [1.54, 1.807) is 13.0 Å². The average molecular weight is 279 g/mol. The maximum Gasteiger partial charge on any atom is 0.126 e. The molecule has 1 heterocycles. The highest BCUT2D eigenvalue weighted by Crippen LogP contribution is 2.35. The highest BCUT2D eigenvalue weighted by Gasteiger charge is 2.40. The normalized spacial score (nSPS) is 33.0. The number of aliphatic hydroxyl groups is 1. The maximum atomic E-state index is 13.5. The molecule has 1 aromatic carbocycles. The zero-order chi connectivity index (χ0) is 14.3. The molecule has 0 unspecified atom stereocenters. The van der Waals surface area contributed by atoms with Gasteiger partial charge in [-0.3, -0.25) is 0 Å². The van der Waals surface area contributed by atoms with E-state index in [1.165, 1.54) is 6.07 Å². The van der Waals surface area contributed by atoms with Gasteiger partial charge in [-0.15, -0.1) is 0 Å². The average Bonchev–Trinajstić information content (AvgIpc) is 2.86. The molecule has 0 radical (unpaired) electrons. The molecule has 0 aromatic heterocycles. The molecule has 2 N–H and O–H groups in total. The van der Waals surface area contributed by atoms with E-state index in [2.05, 4.69) is 5.32 Å². The predicted octanol–water partition coefficient (Wildman–Crippen LogP) is 2.18. The van der Waals surface area contributed by atoms with E-state index in [1.807, 2.05) is 6.92 Å². The minimum absolute atomic E-state index is 0.181. The topological polar surface area (TPSA) is 41.5 Å². The van der Waals surface area contributed by atoms with Gasteiger partial charge in [0.15, 0.2) is 0 Å².